The molecular formula is C18H22N4O2S. The van der Waals surface area contributed by atoms with E-state index in [2.05, 4.69) is 9.88 Å². The van der Waals surface area contributed by atoms with Crippen molar-refractivity contribution in [3.05, 3.63) is 47.8 Å². The van der Waals surface area contributed by atoms with Gasteiger partial charge in [0.1, 0.15) is 0 Å². The zero-order chi connectivity index (χ0) is 17.3. The average Bonchev–Trinajstić information content (AvgIpc) is 2.68. The first kappa shape index (κ1) is 16.5. The molecule has 1 fully saturated rings. The van der Waals surface area contributed by atoms with Crippen molar-refractivity contribution >= 4 is 16.0 Å². The summed E-state index contributed by atoms with van der Waals surface area (Å²) < 4.78 is 27.1. The van der Waals surface area contributed by atoms with Crippen molar-refractivity contribution in [3.63, 3.8) is 0 Å². The minimum absolute atomic E-state index is 0.337. The molecule has 2 aromatic rings. The van der Waals surface area contributed by atoms with Crippen LogP contribution in [0.5, 0.6) is 0 Å². The maximum atomic E-state index is 12.8. The molecule has 3 heterocycles. The lowest BCUT2D eigenvalue weighted by Gasteiger charge is -2.30. The highest BCUT2D eigenvalue weighted by Crippen LogP contribution is 2.25. The lowest BCUT2D eigenvalue weighted by atomic mass is 10.1. The highest BCUT2D eigenvalue weighted by atomic mass is 32.2. The molecule has 6 nitrogen and oxygen atoms in total. The summed E-state index contributed by atoms with van der Waals surface area (Å²) in [5.41, 5.74) is 1.89. The van der Waals surface area contributed by atoms with Crippen LogP contribution < -0.4 is 4.90 Å². The highest BCUT2D eigenvalue weighted by Gasteiger charge is 2.29. The molecule has 1 aromatic heterocycles. The van der Waals surface area contributed by atoms with Crippen LogP contribution in [-0.2, 0) is 23.0 Å². The molecule has 0 saturated carbocycles. The second-order valence-electron chi connectivity index (χ2n) is 6.59. The summed E-state index contributed by atoms with van der Waals surface area (Å²) in [5.74, 6) is 0.790. The summed E-state index contributed by atoms with van der Waals surface area (Å²) >= 11 is 0. The summed E-state index contributed by atoms with van der Waals surface area (Å²) in [6.45, 7) is 2.81. The van der Waals surface area contributed by atoms with E-state index in [9.17, 15) is 8.42 Å². The first-order valence-corrected chi connectivity index (χ1v) is 10.2. The normalized spacial score (nSPS) is 18.8. The fourth-order valence-corrected chi connectivity index (χ4v) is 4.91. The van der Waals surface area contributed by atoms with Crippen LogP contribution in [0.3, 0.4) is 0 Å². The van der Waals surface area contributed by atoms with Crippen LogP contribution in [0.4, 0.5) is 5.95 Å². The van der Waals surface area contributed by atoms with Gasteiger partial charge in [0.05, 0.1) is 10.6 Å². The fraction of sp³-hybridized carbons (Fsp3) is 0.444. The third kappa shape index (κ3) is 3.26. The molecule has 132 valence electrons. The molecule has 2 aliphatic heterocycles. The third-order valence-corrected chi connectivity index (χ3v) is 6.77. The van der Waals surface area contributed by atoms with Gasteiger partial charge in [-0.25, -0.2) is 18.4 Å². The number of piperidine rings is 1. The average molecular weight is 358 g/mol. The van der Waals surface area contributed by atoms with Gasteiger partial charge in [0.2, 0.25) is 16.0 Å². The van der Waals surface area contributed by atoms with Crippen LogP contribution in [-0.4, -0.2) is 42.3 Å². The lowest BCUT2D eigenvalue weighted by molar-refractivity contribution is 0.386. The van der Waals surface area contributed by atoms with Gasteiger partial charge in [0.15, 0.2) is 0 Å². The largest absolute Gasteiger partial charge is 0.341 e. The molecule has 0 radical (unpaired) electrons. The second kappa shape index (κ2) is 6.72. The quantitative estimate of drug-likeness (QED) is 0.842. The van der Waals surface area contributed by atoms with Gasteiger partial charge in [-0.3, -0.25) is 0 Å². The number of sulfonamides is 1. The van der Waals surface area contributed by atoms with E-state index < -0.39 is 10.0 Å². The van der Waals surface area contributed by atoms with Crippen molar-refractivity contribution in [1.82, 2.24) is 14.3 Å². The van der Waals surface area contributed by atoms with Gasteiger partial charge in [-0.1, -0.05) is 18.2 Å². The van der Waals surface area contributed by atoms with E-state index in [1.165, 1.54) is 23.6 Å². The van der Waals surface area contributed by atoms with Gasteiger partial charge >= 0.3 is 0 Å². The number of hydrogen-bond acceptors (Lipinski definition) is 5. The summed E-state index contributed by atoms with van der Waals surface area (Å²) in [7, 11) is -3.47. The summed E-state index contributed by atoms with van der Waals surface area (Å²) in [5, 5.41) is 0. The molecule has 4 rings (SSSR count). The molecule has 0 N–H and O–H groups in total. The molecular weight excluding hydrogens is 336 g/mol. The van der Waals surface area contributed by atoms with Crippen LogP contribution in [0.25, 0.3) is 0 Å². The van der Waals surface area contributed by atoms with Gasteiger partial charge in [-0.2, -0.15) is 4.31 Å². The number of nitrogens with zero attached hydrogens (tertiary/aromatic N) is 4. The molecule has 1 aromatic carbocycles. The molecule has 25 heavy (non-hydrogen) atoms. The number of anilines is 1. The number of rotatable bonds is 3. The SMILES string of the molecule is O=S(=O)(c1ccccc1)N1CCc2nc(N3CCCCC3)ncc2C1. The van der Waals surface area contributed by atoms with Gasteiger partial charge in [0, 0.05) is 44.4 Å². The van der Waals surface area contributed by atoms with Gasteiger partial charge in [0.25, 0.3) is 0 Å². The van der Waals surface area contributed by atoms with Crippen LogP contribution in [0.1, 0.15) is 30.5 Å². The van der Waals surface area contributed by atoms with Crippen molar-refractivity contribution in [2.75, 3.05) is 24.5 Å². The Hall–Kier alpha value is -1.99. The van der Waals surface area contributed by atoms with E-state index in [1.807, 2.05) is 6.07 Å². The first-order valence-electron chi connectivity index (χ1n) is 8.79. The summed E-state index contributed by atoms with van der Waals surface area (Å²) in [4.78, 5) is 11.8. The number of fused-ring (bicyclic) bond motifs is 1. The van der Waals surface area contributed by atoms with E-state index in [-0.39, 0.29) is 0 Å². The number of aromatic nitrogens is 2. The minimum atomic E-state index is -3.47. The van der Waals surface area contributed by atoms with Gasteiger partial charge in [-0.05, 0) is 31.4 Å². The Kier molecular flexibility index (Phi) is 4.43. The molecule has 0 bridgehead atoms. The van der Waals surface area contributed by atoms with Gasteiger partial charge in [-0.15, -0.1) is 0 Å². The fourth-order valence-electron chi connectivity index (χ4n) is 3.47. The number of hydrogen-bond donors (Lipinski definition) is 0. The molecule has 1 saturated heterocycles. The molecule has 0 spiro atoms. The Bertz CT molecular complexity index is 849. The Morgan fingerprint density at radius 2 is 1.72 bits per heavy atom. The Morgan fingerprint density at radius 1 is 0.960 bits per heavy atom. The van der Waals surface area contributed by atoms with Crippen molar-refractivity contribution < 1.29 is 8.42 Å². The van der Waals surface area contributed by atoms with Crippen LogP contribution in [0, 0.1) is 0 Å². The number of benzene rings is 1. The van der Waals surface area contributed by atoms with E-state index in [1.54, 1.807) is 30.5 Å². The first-order chi connectivity index (χ1) is 12.1. The zero-order valence-electron chi connectivity index (χ0n) is 14.1. The topological polar surface area (TPSA) is 66.4 Å². The van der Waals surface area contributed by atoms with Crippen molar-refractivity contribution in [1.29, 1.82) is 0 Å². The highest BCUT2D eigenvalue weighted by molar-refractivity contribution is 7.89. The van der Waals surface area contributed by atoms with E-state index in [0.29, 0.717) is 24.4 Å². The molecule has 0 aliphatic carbocycles. The lowest BCUT2D eigenvalue weighted by Crippen LogP contribution is -2.37. The molecule has 0 amide bonds. The zero-order valence-corrected chi connectivity index (χ0v) is 15.0. The summed E-state index contributed by atoms with van der Waals surface area (Å²) in [6.07, 6.45) is 6.07. The Labute approximate surface area is 148 Å². The standard InChI is InChI=1S/C18H22N4O2S/c23-25(24,16-7-3-1-4-8-16)22-12-9-17-15(14-22)13-19-18(20-17)21-10-5-2-6-11-21/h1,3-4,7-8,13H,2,5-6,9-12,14H2. The predicted molar refractivity (Wildman–Crippen MR) is 95.8 cm³/mol. The molecule has 2 aliphatic rings. The van der Waals surface area contributed by atoms with Gasteiger partial charge < -0.3 is 4.90 Å². The minimum Gasteiger partial charge on any atom is -0.341 e. The Morgan fingerprint density at radius 3 is 2.48 bits per heavy atom. The maximum absolute atomic E-state index is 12.8. The summed E-state index contributed by atoms with van der Waals surface area (Å²) in [6, 6.07) is 8.60. The van der Waals surface area contributed by atoms with Crippen molar-refractivity contribution in [2.45, 2.75) is 37.1 Å². The molecule has 0 unspecified atom stereocenters. The predicted octanol–water partition coefficient (Wildman–Crippen LogP) is 2.21. The monoisotopic (exact) mass is 358 g/mol. The van der Waals surface area contributed by atoms with Crippen LogP contribution >= 0.6 is 0 Å². The maximum Gasteiger partial charge on any atom is 0.243 e. The molecule has 0 atom stereocenters. The second-order valence-corrected chi connectivity index (χ2v) is 8.53. The van der Waals surface area contributed by atoms with E-state index >= 15 is 0 Å². The van der Waals surface area contributed by atoms with Crippen LogP contribution in [0.15, 0.2) is 41.4 Å². The van der Waals surface area contributed by atoms with Crippen molar-refractivity contribution in [3.8, 4) is 0 Å². The van der Waals surface area contributed by atoms with Crippen LogP contribution in [0.2, 0.25) is 0 Å². The van der Waals surface area contributed by atoms with Crippen molar-refractivity contribution in [2.24, 2.45) is 0 Å². The molecule has 7 heteroatoms. The smallest absolute Gasteiger partial charge is 0.243 e. The van der Waals surface area contributed by atoms with E-state index in [0.717, 1.165) is 30.3 Å². The third-order valence-electron chi connectivity index (χ3n) is 4.91. The van der Waals surface area contributed by atoms with E-state index in [4.69, 9.17) is 4.98 Å². The Balaban J connectivity index is 1.56.